The number of carbonyl (C=O) groups is 9. The molecule has 318 valence electrons. The van der Waals surface area contributed by atoms with Gasteiger partial charge >= 0.3 is 12.2 Å². The lowest BCUT2D eigenvalue weighted by Gasteiger charge is -2.27. The first-order valence-corrected chi connectivity index (χ1v) is 18.3. The van der Waals surface area contributed by atoms with Crippen LogP contribution in [0.25, 0.3) is 0 Å². The topological polar surface area (TPSA) is 305 Å². The molecule has 0 unspecified atom stereocenters. The van der Waals surface area contributed by atoms with E-state index in [1.807, 2.05) is 0 Å². The van der Waals surface area contributed by atoms with Crippen molar-refractivity contribution in [3.63, 3.8) is 0 Å². The maximum absolute atomic E-state index is 13.6. The molecule has 0 saturated carbocycles. The van der Waals surface area contributed by atoms with E-state index >= 15 is 0 Å². The van der Waals surface area contributed by atoms with Crippen molar-refractivity contribution in [2.45, 2.75) is 51.5 Å². The van der Waals surface area contributed by atoms with Gasteiger partial charge in [-0.15, -0.1) is 0 Å². The van der Waals surface area contributed by atoms with Crippen molar-refractivity contribution in [3.05, 3.63) is 88.5 Å². The number of anilines is 1. The number of non-ortho nitro benzene ring substituents is 1. The average molecular weight is 835 g/mol. The minimum Gasteiger partial charge on any atom is -0.429 e. The van der Waals surface area contributed by atoms with Gasteiger partial charge in [0.25, 0.3) is 29.3 Å². The summed E-state index contributed by atoms with van der Waals surface area (Å²) in [6.45, 7) is 1.65. The largest absolute Gasteiger partial charge is 0.514 e. The third kappa shape index (κ3) is 13.6. The van der Waals surface area contributed by atoms with E-state index in [1.54, 1.807) is 26.0 Å². The number of hydrogen-bond donors (Lipinski definition) is 5. The fourth-order valence-electron chi connectivity index (χ4n) is 5.60. The molecule has 2 aliphatic rings. The molecule has 0 bridgehead atoms. The lowest BCUT2D eigenvalue weighted by molar-refractivity contribution is -0.384. The minimum atomic E-state index is -1.21. The van der Waals surface area contributed by atoms with Crippen LogP contribution >= 0.6 is 0 Å². The molecule has 2 aliphatic heterocycles. The van der Waals surface area contributed by atoms with Gasteiger partial charge in [-0.3, -0.25) is 53.5 Å². The Morgan fingerprint density at radius 3 is 1.88 bits per heavy atom. The van der Waals surface area contributed by atoms with Crippen LogP contribution in [0.15, 0.2) is 72.8 Å². The fraction of sp³-hybridized carbons (Fsp3) is 0.342. The zero-order chi connectivity index (χ0) is 43.9. The zero-order valence-electron chi connectivity index (χ0n) is 32.3. The van der Waals surface area contributed by atoms with Gasteiger partial charge in [-0.25, -0.2) is 9.59 Å². The fourth-order valence-corrected chi connectivity index (χ4v) is 5.60. The Bertz CT molecular complexity index is 1970. The summed E-state index contributed by atoms with van der Waals surface area (Å²) in [5.74, 6) is -5.30. The van der Waals surface area contributed by atoms with E-state index in [9.17, 15) is 53.3 Å². The summed E-state index contributed by atoms with van der Waals surface area (Å²) in [6, 6.07) is 7.73. The second kappa shape index (κ2) is 21.3. The molecule has 2 atom stereocenters. The predicted molar refractivity (Wildman–Crippen MR) is 206 cm³/mol. The Labute approximate surface area is 341 Å². The molecule has 2 heterocycles. The maximum Gasteiger partial charge on any atom is 0.514 e. The van der Waals surface area contributed by atoms with Crippen LogP contribution in [0.1, 0.15) is 32.3 Å². The molecule has 9 amide bonds. The summed E-state index contributed by atoms with van der Waals surface area (Å²) in [6.07, 6.45) is 2.16. The van der Waals surface area contributed by atoms with Gasteiger partial charge in [-0.2, -0.15) is 0 Å². The van der Waals surface area contributed by atoms with E-state index in [0.29, 0.717) is 11.3 Å². The summed E-state index contributed by atoms with van der Waals surface area (Å²) in [7, 11) is 0. The number of urea groups is 1. The van der Waals surface area contributed by atoms with Crippen molar-refractivity contribution in [3.8, 4) is 5.75 Å². The van der Waals surface area contributed by atoms with Crippen LogP contribution in [0.5, 0.6) is 5.75 Å². The van der Waals surface area contributed by atoms with Crippen molar-refractivity contribution >= 4 is 64.9 Å². The molecule has 4 rings (SSSR count). The van der Waals surface area contributed by atoms with Gasteiger partial charge in [-0.05, 0) is 48.6 Å². The average Bonchev–Trinajstić information content (AvgIpc) is 3.69. The summed E-state index contributed by atoms with van der Waals surface area (Å²) in [5.41, 5.74) is 5.77. The first kappa shape index (κ1) is 45.2. The third-order valence-electron chi connectivity index (χ3n) is 8.72. The van der Waals surface area contributed by atoms with Crippen molar-refractivity contribution < 1.29 is 62.3 Å². The SMILES string of the molecule is CC(C)[C@H](NC(=O)COC(CN1C(=O)C=CC1=O)CN1C(=O)C=CC1=O)C(=O)N[C@@H](CCCNC(N)=O)C(=O)Nc1ccc(COC(=O)Oc2ccc([N+](=O)[O-])cc2)cc1. The number of imide groups is 2. The van der Waals surface area contributed by atoms with Crippen molar-refractivity contribution in [1.29, 1.82) is 0 Å². The quantitative estimate of drug-likeness (QED) is 0.0287. The summed E-state index contributed by atoms with van der Waals surface area (Å²) >= 11 is 0. The molecule has 22 heteroatoms. The molecule has 0 spiro atoms. The number of nitrogens with zero attached hydrogens (tertiary/aromatic N) is 3. The Morgan fingerprint density at radius 1 is 0.800 bits per heavy atom. The van der Waals surface area contributed by atoms with Crippen LogP contribution in [0.3, 0.4) is 0 Å². The summed E-state index contributed by atoms with van der Waals surface area (Å²) in [5, 5.41) is 21.1. The Morgan fingerprint density at radius 2 is 1.37 bits per heavy atom. The number of carbonyl (C=O) groups excluding carboxylic acids is 9. The minimum absolute atomic E-state index is 0.0236. The van der Waals surface area contributed by atoms with Crippen LogP contribution in [0.4, 0.5) is 21.0 Å². The van der Waals surface area contributed by atoms with E-state index in [1.165, 1.54) is 24.3 Å². The van der Waals surface area contributed by atoms with E-state index in [2.05, 4.69) is 21.3 Å². The molecular weight excluding hydrogens is 792 g/mol. The number of rotatable bonds is 21. The first-order valence-electron chi connectivity index (χ1n) is 18.3. The van der Waals surface area contributed by atoms with Gasteiger partial charge in [0.15, 0.2) is 0 Å². The molecule has 0 radical (unpaired) electrons. The normalized spacial score (nSPS) is 14.3. The van der Waals surface area contributed by atoms with Crippen molar-refractivity contribution in [2.75, 3.05) is 31.6 Å². The van der Waals surface area contributed by atoms with E-state index in [4.69, 9.17) is 19.9 Å². The summed E-state index contributed by atoms with van der Waals surface area (Å²) < 4.78 is 15.8. The van der Waals surface area contributed by atoms with E-state index < -0.39 is 89.2 Å². The first-order chi connectivity index (χ1) is 28.5. The highest BCUT2D eigenvalue weighted by atomic mass is 16.7. The monoisotopic (exact) mass is 834 g/mol. The number of primary amides is 1. The Kier molecular flexibility index (Phi) is 16.1. The molecule has 22 nitrogen and oxygen atoms in total. The smallest absolute Gasteiger partial charge is 0.429 e. The number of nitro benzene ring substituents is 1. The number of nitrogens with two attached hydrogens (primary N) is 1. The number of benzene rings is 2. The second-order valence-electron chi connectivity index (χ2n) is 13.5. The Hall–Kier alpha value is -7.49. The number of ether oxygens (including phenoxy) is 3. The lowest BCUT2D eigenvalue weighted by atomic mass is 10.0. The highest BCUT2D eigenvalue weighted by Gasteiger charge is 2.33. The van der Waals surface area contributed by atoms with Crippen LogP contribution in [0.2, 0.25) is 0 Å². The van der Waals surface area contributed by atoms with Crippen LogP contribution in [-0.2, 0) is 49.6 Å². The van der Waals surface area contributed by atoms with Gasteiger partial charge in [0.2, 0.25) is 17.7 Å². The molecular formula is C38H42N8O14. The highest BCUT2D eigenvalue weighted by molar-refractivity contribution is 6.13. The van der Waals surface area contributed by atoms with Crippen LogP contribution in [0, 0.1) is 16.0 Å². The standard InChI is InChI=1S/C38H42N8O14/c1-22(2)34(43-29(47)21-58-27(18-44-30(48)13-14-31(44)49)19-45-32(50)15-16-33(45)51)36(53)42-28(4-3-17-40-37(39)54)35(52)41-24-7-5-23(6-8-24)20-59-38(55)60-26-11-9-25(10-12-26)46(56)57/h5-16,22,27-28,34H,3-4,17-21H2,1-2H3,(H,41,52)(H,42,53)(H,43,47)(H3,39,40,54)/t28-,34-/m0/s1. The molecule has 0 fully saturated rings. The molecule has 2 aromatic carbocycles. The van der Waals surface area contributed by atoms with Gasteiger partial charge < -0.3 is 41.2 Å². The number of nitro groups is 1. The van der Waals surface area contributed by atoms with Crippen molar-refractivity contribution in [2.24, 2.45) is 11.7 Å². The Balaban J connectivity index is 1.35. The van der Waals surface area contributed by atoms with E-state index in [0.717, 1.165) is 46.2 Å². The van der Waals surface area contributed by atoms with Crippen LogP contribution < -0.4 is 31.7 Å². The van der Waals surface area contributed by atoms with Crippen LogP contribution in [-0.4, -0.2) is 113 Å². The van der Waals surface area contributed by atoms with Gasteiger partial charge in [0.1, 0.15) is 31.0 Å². The zero-order valence-corrected chi connectivity index (χ0v) is 32.3. The molecule has 2 aromatic rings. The number of hydrogen-bond acceptors (Lipinski definition) is 14. The predicted octanol–water partition coefficient (Wildman–Crippen LogP) is 0.558. The van der Waals surface area contributed by atoms with Gasteiger partial charge in [0, 0.05) is 48.7 Å². The number of amides is 9. The van der Waals surface area contributed by atoms with Gasteiger partial charge in [-0.1, -0.05) is 26.0 Å². The summed E-state index contributed by atoms with van der Waals surface area (Å²) in [4.78, 5) is 124. The van der Waals surface area contributed by atoms with Gasteiger partial charge in [0.05, 0.1) is 24.1 Å². The van der Waals surface area contributed by atoms with Crippen molar-refractivity contribution in [1.82, 2.24) is 25.8 Å². The third-order valence-corrected chi connectivity index (χ3v) is 8.72. The highest BCUT2D eigenvalue weighted by Crippen LogP contribution is 2.19. The maximum atomic E-state index is 13.6. The lowest BCUT2D eigenvalue weighted by Crippen LogP contribution is -2.55. The van der Waals surface area contributed by atoms with E-state index in [-0.39, 0.29) is 50.5 Å². The number of nitrogens with one attached hydrogen (secondary N) is 4. The molecule has 0 saturated heterocycles. The molecule has 6 N–H and O–H groups in total. The molecule has 0 aromatic heterocycles. The second-order valence-corrected chi connectivity index (χ2v) is 13.5. The molecule has 60 heavy (non-hydrogen) atoms. The molecule has 0 aliphatic carbocycles.